The summed E-state index contributed by atoms with van der Waals surface area (Å²) in [7, 11) is 0. The molecule has 0 bridgehead atoms. The van der Waals surface area contributed by atoms with Gasteiger partial charge in [-0.2, -0.15) is 5.10 Å². The number of amides is 1. The molecular weight excluding hydrogens is 657 g/mol. The molecule has 2 aromatic heterocycles. The van der Waals surface area contributed by atoms with E-state index in [-0.39, 0.29) is 37.9 Å². The molecule has 37 heavy (non-hydrogen) atoms. The number of pyridine rings is 1. The van der Waals surface area contributed by atoms with Crippen LogP contribution in [-0.4, -0.2) is 21.1 Å². The molecule has 4 rings (SSSR count). The fraction of sp³-hybridized carbons (Fsp3) is 0.154. The maximum absolute atomic E-state index is 14.5. The summed E-state index contributed by atoms with van der Waals surface area (Å²) in [5.74, 6) is -3.86. The number of benzene rings is 2. The molecule has 0 unspecified atom stereocenters. The first kappa shape index (κ1) is 31.2. The average molecular weight is 681 g/mol. The van der Waals surface area contributed by atoms with Crippen molar-refractivity contribution >= 4 is 11.6 Å². The van der Waals surface area contributed by atoms with Crippen LogP contribution in [0.4, 0.5) is 18.9 Å². The first-order valence-corrected chi connectivity index (χ1v) is 11.1. The molecule has 4 aromatic rings. The van der Waals surface area contributed by atoms with E-state index in [0.717, 1.165) is 18.3 Å². The van der Waals surface area contributed by atoms with Crippen LogP contribution >= 0.6 is 0 Å². The zero-order valence-corrected chi connectivity index (χ0v) is 23.4. The Hall–Kier alpha value is -3.78. The summed E-state index contributed by atoms with van der Waals surface area (Å²) in [6, 6.07) is 7.90. The van der Waals surface area contributed by atoms with Gasteiger partial charge in [0.1, 0.15) is 11.4 Å². The number of halogens is 3. The fourth-order valence-electron chi connectivity index (χ4n) is 2.81. The van der Waals surface area contributed by atoms with Gasteiger partial charge in [0.2, 0.25) is 5.43 Å². The molecule has 0 saturated heterocycles. The van der Waals surface area contributed by atoms with E-state index in [4.69, 9.17) is 4.74 Å². The van der Waals surface area contributed by atoms with Crippen molar-refractivity contribution in [1.82, 2.24) is 15.2 Å². The number of anilines is 1. The number of ether oxygens (including phenoxy) is 1. The number of aromatic amines is 1. The van der Waals surface area contributed by atoms with Crippen molar-refractivity contribution in [3.63, 3.8) is 0 Å². The van der Waals surface area contributed by atoms with Crippen molar-refractivity contribution < 1.29 is 43.8 Å². The molecule has 0 saturated carbocycles. The Bertz CT molecular complexity index is 1350. The van der Waals surface area contributed by atoms with Crippen LogP contribution in [0.25, 0.3) is 11.1 Å². The number of aromatic nitrogens is 3. The van der Waals surface area contributed by atoms with Crippen molar-refractivity contribution in [3.05, 3.63) is 100 Å². The van der Waals surface area contributed by atoms with Crippen molar-refractivity contribution in [1.29, 1.82) is 0 Å². The van der Waals surface area contributed by atoms with E-state index in [1.807, 2.05) is 27.7 Å². The van der Waals surface area contributed by atoms with Gasteiger partial charge < -0.3 is 15.0 Å². The minimum atomic E-state index is -0.997. The molecule has 0 atom stereocenters. The monoisotopic (exact) mass is 681 g/mol. The standard InChI is InChI=1S/C22H12F3N4O3.2C2H6.W/c23-13-3-1-12(2-4-13)15-10-26-11-16(21(15)30)22(31)29-19-7-18(25)20(8-17(19)24)32-14-5-6-27-28-9-14;2*1-2;/h1-8,10-11H,(H,26,30)(H,29,31);2*1-2H3;/q-1;;;. The van der Waals surface area contributed by atoms with Gasteiger partial charge in [0, 0.05) is 51.2 Å². The largest absolute Gasteiger partial charge is 0.491 e. The maximum atomic E-state index is 14.5. The van der Waals surface area contributed by atoms with E-state index < -0.39 is 40.2 Å². The van der Waals surface area contributed by atoms with Crippen LogP contribution in [0.1, 0.15) is 38.1 Å². The SMILES string of the molecule is CC.CC.O=C(Nc1cc(F)c(Oc2[c-]nncc2)cc1F)c1c[nH]cc(-c2ccc(F)cc2)c1=O.[W]. The molecule has 2 aromatic carbocycles. The Balaban J connectivity index is 0.00000131. The topological polar surface area (TPSA) is 97.0 Å². The van der Waals surface area contributed by atoms with Crippen molar-refractivity contribution in [2.45, 2.75) is 27.7 Å². The van der Waals surface area contributed by atoms with Crippen LogP contribution in [0.15, 0.2) is 65.8 Å². The summed E-state index contributed by atoms with van der Waals surface area (Å²) in [4.78, 5) is 28.0. The summed E-state index contributed by atoms with van der Waals surface area (Å²) in [5.41, 5.74) is -1.03. The summed E-state index contributed by atoms with van der Waals surface area (Å²) in [5, 5.41) is 9.10. The van der Waals surface area contributed by atoms with E-state index in [2.05, 4.69) is 26.7 Å². The summed E-state index contributed by atoms with van der Waals surface area (Å²) >= 11 is 0. The first-order valence-electron chi connectivity index (χ1n) is 11.1. The molecule has 0 aliphatic rings. The molecular formula is C26H24F3N4O3W-. The minimum absolute atomic E-state index is 0. The van der Waals surface area contributed by atoms with Gasteiger partial charge in [0.25, 0.3) is 5.91 Å². The van der Waals surface area contributed by atoms with Crippen LogP contribution < -0.4 is 15.5 Å². The van der Waals surface area contributed by atoms with Gasteiger partial charge in [-0.3, -0.25) is 14.7 Å². The number of H-pyrrole nitrogens is 1. The van der Waals surface area contributed by atoms with Gasteiger partial charge in [0.15, 0.2) is 17.4 Å². The van der Waals surface area contributed by atoms with Gasteiger partial charge in [-0.05, 0) is 29.6 Å². The van der Waals surface area contributed by atoms with Crippen molar-refractivity contribution in [2.24, 2.45) is 0 Å². The van der Waals surface area contributed by atoms with E-state index in [1.54, 1.807) is 0 Å². The Labute approximate surface area is 226 Å². The third-order valence-electron chi connectivity index (χ3n) is 4.34. The zero-order valence-electron chi connectivity index (χ0n) is 20.4. The van der Waals surface area contributed by atoms with Gasteiger partial charge in [-0.1, -0.05) is 46.0 Å². The number of carbonyl (C=O) groups is 1. The molecule has 0 aliphatic carbocycles. The number of nitrogens with zero attached hydrogens (tertiary/aromatic N) is 2. The zero-order chi connectivity index (χ0) is 26.7. The smallest absolute Gasteiger partial charge is 0.261 e. The third-order valence-corrected chi connectivity index (χ3v) is 4.34. The van der Waals surface area contributed by atoms with Crippen LogP contribution in [0.5, 0.6) is 11.5 Å². The molecule has 194 valence electrons. The molecule has 2 heterocycles. The number of nitrogens with one attached hydrogen (secondary N) is 2. The maximum Gasteiger partial charge on any atom is 0.261 e. The normalized spacial score (nSPS) is 9.49. The third kappa shape index (κ3) is 8.11. The van der Waals surface area contributed by atoms with E-state index >= 15 is 0 Å². The Morgan fingerprint density at radius 3 is 2.27 bits per heavy atom. The van der Waals surface area contributed by atoms with E-state index in [1.165, 1.54) is 42.7 Å². The Morgan fingerprint density at radius 1 is 0.973 bits per heavy atom. The van der Waals surface area contributed by atoms with Gasteiger partial charge >= 0.3 is 0 Å². The minimum Gasteiger partial charge on any atom is -0.491 e. The summed E-state index contributed by atoms with van der Waals surface area (Å²) < 4.78 is 47.1. The predicted molar refractivity (Wildman–Crippen MR) is 130 cm³/mol. The van der Waals surface area contributed by atoms with Gasteiger partial charge in [-0.15, -0.1) is 6.07 Å². The number of rotatable bonds is 5. The summed E-state index contributed by atoms with van der Waals surface area (Å²) in [6.07, 6.45) is 6.12. The first-order chi connectivity index (χ1) is 17.4. The molecule has 1 amide bonds. The van der Waals surface area contributed by atoms with Crippen LogP contribution in [-0.2, 0) is 21.1 Å². The number of hydrogen-bond donors (Lipinski definition) is 2. The Morgan fingerprint density at radius 2 is 1.65 bits per heavy atom. The van der Waals surface area contributed by atoms with Crippen LogP contribution in [0.2, 0.25) is 0 Å². The predicted octanol–water partition coefficient (Wildman–Crippen LogP) is 6.14. The second-order valence-electron chi connectivity index (χ2n) is 6.44. The molecule has 0 aliphatic heterocycles. The van der Waals surface area contributed by atoms with Crippen molar-refractivity contribution in [3.8, 4) is 22.6 Å². The molecule has 0 radical (unpaired) electrons. The van der Waals surface area contributed by atoms with E-state index in [0.29, 0.717) is 5.56 Å². The van der Waals surface area contributed by atoms with Crippen LogP contribution in [0.3, 0.4) is 0 Å². The van der Waals surface area contributed by atoms with Crippen LogP contribution in [0, 0.1) is 23.6 Å². The van der Waals surface area contributed by atoms with Gasteiger partial charge in [-0.25, -0.2) is 13.2 Å². The molecule has 0 fully saturated rings. The Kier molecular flexibility index (Phi) is 13.0. The number of hydrogen-bond acceptors (Lipinski definition) is 5. The van der Waals surface area contributed by atoms with Gasteiger partial charge in [0.05, 0.1) is 5.69 Å². The van der Waals surface area contributed by atoms with Crippen molar-refractivity contribution in [2.75, 3.05) is 5.32 Å². The fourth-order valence-corrected chi connectivity index (χ4v) is 2.81. The number of carbonyl (C=O) groups excluding carboxylic acids is 1. The average Bonchev–Trinajstić information content (AvgIpc) is 2.90. The second-order valence-corrected chi connectivity index (χ2v) is 6.44. The summed E-state index contributed by atoms with van der Waals surface area (Å²) in [6.45, 7) is 8.00. The molecule has 2 N–H and O–H groups in total. The molecule has 11 heteroatoms. The quantitative estimate of drug-likeness (QED) is 0.247. The molecule has 7 nitrogen and oxygen atoms in total. The van der Waals surface area contributed by atoms with E-state index in [9.17, 15) is 22.8 Å². The molecule has 0 spiro atoms. The second kappa shape index (κ2) is 15.4.